The van der Waals surface area contributed by atoms with Crippen LogP contribution in [0.4, 0.5) is 18.9 Å². The van der Waals surface area contributed by atoms with Gasteiger partial charge in [-0.05, 0) is 25.8 Å². The van der Waals surface area contributed by atoms with Gasteiger partial charge in [-0.15, -0.1) is 0 Å². The van der Waals surface area contributed by atoms with Crippen molar-refractivity contribution >= 4 is 34.3 Å². The first-order valence-corrected chi connectivity index (χ1v) is 10.8. The zero-order chi connectivity index (χ0) is 21.2. The van der Waals surface area contributed by atoms with Crippen LogP contribution < -0.4 is 15.6 Å². The third kappa shape index (κ3) is 2.76. The zero-order valence-corrected chi connectivity index (χ0v) is 17.1. The predicted molar refractivity (Wildman–Crippen MR) is 107 cm³/mol. The van der Waals surface area contributed by atoms with Crippen molar-refractivity contribution in [2.45, 2.75) is 35.7 Å². The van der Waals surface area contributed by atoms with Crippen LogP contribution in [0.3, 0.4) is 0 Å². The number of hydrogen-bond donors (Lipinski definition) is 1. The van der Waals surface area contributed by atoms with Gasteiger partial charge < -0.3 is 19.5 Å². The predicted octanol–water partition coefficient (Wildman–Crippen LogP) is 2.97. The standard InChI is InChI=1S/C20H20F3N3O3S/c1-2-29-19(28)13-17(27)10-7-11(22)16(25-6-5-24-20(9-25)3-4-20)14(23)15(10)26-12(8-21)30-18(13)26/h7,12,24H,2-6,8-9H2,1H3. The van der Waals surface area contributed by atoms with E-state index in [0.29, 0.717) is 19.6 Å². The molecule has 2 fully saturated rings. The molecule has 0 amide bonds. The highest BCUT2D eigenvalue weighted by Crippen LogP contribution is 2.48. The highest BCUT2D eigenvalue weighted by atomic mass is 32.2. The van der Waals surface area contributed by atoms with Crippen LogP contribution in [0.5, 0.6) is 0 Å². The minimum atomic E-state index is -0.893. The molecule has 3 aliphatic rings. The Morgan fingerprint density at radius 3 is 2.83 bits per heavy atom. The molecular weight excluding hydrogens is 419 g/mol. The van der Waals surface area contributed by atoms with Gasteiger partial charge >= 0.3 is 5.97 Å². The summed E-state index contributed by atoms with van der Waals surface area (Å²) in [5.41, 5.74) is -1.58. The normalized spacial score (nSPS) is 21.5. The fourth-order valence-corrected chi connectivity index (χ4v) is 5.49. The van der Waals surface area contributed by atoms with Crippen LogP contribution in [0.25, 0.3) is 10.9 Å². The molecule has 1 aromatic carbocycles. The van der Waals surface area contributed by atoms with Gasteiger partial charge in [0.25, 0.3) is 0 Å². The Labute approximate surface area is 174 Å². The molecule has 30 heavy (non-hydrogen) atoms. The molecule has 0 bridgehead atoms. The van der Waals surface area contributed by atoms with Gasteiger partial charge in [0.2, 0.25) is 5.43 Å². The van der Waals surface area contributed by atoms with E-state index in [-0.39, 0.29) is 39.3 Å². The average molecular weight is 439 g/mol. The Hall–Kier alpha value is -2.20. The molecule has 5 rings (SSSR count). The van der Waals surface area contributed by atoms with E-state index in [9.17, 15) is 14.0 Å². The lowest BCUT2D eigenvalue weighted by atomic mass is 10.1. The number of benzene rings is 1. The van der Waals surface area contributed by atoms with E-state index in [4.69, 9.17) is 4.74 Å². The number of esters is 1. The fourth-order valence-electron chi connectivity index (χ4n) is 4.39. The molecule has 6 nitrogen and oxygen atoms in total. The maximum Gasteiger partial charge on any atom is 0.344 e. The molecule has 2 aliphatic heterocycles. The first-order valence-electron chi connectivity index (χ1n) is 9.90. The number of ether oxygens (including phenoxy) is 1. The summed E-state index contributed by atoms with van der Waals surface area (Å²) in [5.74, 6) is -2.63. The van der Waals surface area contributed by atoms with E-state index >= 15 is 8.78 Å². The highest BCUT2D eigenvalue weighted by Gasteiger charge is 2.47. The van der Waals surface area contributed by atoms with Crippen molar-refractivity contribution < 1.29 is 22.7 Å². The smallest absolute Gasteiger partial charge is 0.344 e. The second-order valence-corrected chi connectivity index (χ2v) is 9.04. The van der Waals surface area contributed by atoms with Crippen LogP contribution in [0.2, 0.25) is 0 Å². The van der Waals surface area contributed by atoms with Crippen LogP contribution >= 0.6 is 11.8 Å². The van der Waals surface area contributed by atoms with Gasteiger partial charge in [-0.25, -0.2) is 18.0 Å². The molecule has 1 aromatic heterocycles. The number of alkyl halides is 1. The summed E-state index contributed by atoms with van der Waals surface area (Å²) in [6, 6.07) is 0.964. The maximum atomic E-state index is 15.7. The topological polar surface area (TPSA) is 63.6 Å². The first kappa shape index (κ1) is 19.7. The molecule has 160 valence electrons. The van der Waals surface area contributed by atoms with E-state index in [1.54, 1.807) is 11.8 Å². The van der Waals surface area contributed by atoms with Crippen molar-refractivity contribution in [1.82, 2.24) is 9.88 Å². The summed E-state index contributed by atoms with van der Waals surface area (Å²) < 4.78 is 50.6. The highest BCUT2D eigenvalue weighted by molar-refractivity contribution is 8.00. The van der Waals surface area contributed by atoms with Crippen LogP contribution in [0, 0.1) is 11.6 Å². The van der Waals surface area contributed by atoms with Gasteiger partial charge in [0.15, 0.2) is 5.82 Å². The van der Waals surface area contributed by atoms with E-state index in [1.165, 1.54) is 4.57 Å². The Morgan fingerprint density at radius 1 is 1.40 bits per heavy atom. The lowest BCUT2D eigenvalue weighted by molar-refractivity contribution is 0.0518. The van der Waals surface area contributed by atoms with E-state index in [2.05, 4.69) is 5.32 Å². The van der Waals surface area contributed by atoms with Crippen LogP contribution in [-0.4, -0.2) is 49.0 Å². The summed E-state index contributed by atoms with van der Waals surface area (Å²) in [7, 11) is 0. The molecule has 2 aromatic rings. The number of rotatable bonds is 4. The molecule has 1 saturated carbocycles. The number of hydrogen-bond acceptors (Lipinski definition) is 6. The number of carbonyl (C=O) groups is 1. The largest absolute Gasteiger partial charge is 0.462 e. The number of nitrogens with one attached hydrogen (secondary N) is 1. The second kappa shape index (κ2) is 6.91. The van der Waals surface area contributed by atoms with Crippen molar-refractivity contribution in [2.75, 3.05) is 37.8 Å². The number of aromatic nitrogens is 1. The summed E-state index contributed by atoms with van der Waals surface area (Å²) in [6.45, 7) is 2.29. The first-order chi connectivity index (χ1) is 14.4. The Bertz CT molecular complexity index is 1130. The molecule has 1 saturated heterocycles. The molecule has 0 radical (unpaired) electrons. The van der Waals surface area contributed by atoms with Crippen molar-refractivity contribution in [2.24, 2.45) is 0 Å². The molecule has 10 heteroatoms. The number of fused-ring (bicyclic) bond motifs is 3. The lowest BCUT2D eigenvalue weighted by Crippen LogP contribution is -2.53. The Morgan fingerprint density at radius 2 is 2.17 bits per heavy atom. The zero-order valence-electron chi connectivity index (χ0n) is 16.3. The Balaban J connectivity index is 1.74. The van der Waals surface area contributed by atoms with Crippen LogP contribution in [0.15, 0.2) is 15.9 Å². The van der Waals surface area contributed by atoms with Crippen molar-refractivity contribution in [3.63, 3.8) is 0 Å². The number of halogens is 3. The molecule has 1 atom stereocenters. The van der Waals surface area contributed by atoms with Crippen LogP contribution in [-0.2, 0) is 4.74 Å². The molecule has 1 unspecified atom stereocenters. The van der Waals surface area contributed by atoms with Crippen molar-refractivity contribution in [1.29, 1.82) is 0 Å². The third-order valence-corrected chi connectivity index (χ3v) is 7.24. The molecule has 1 N–H and O–H groups in total. The Kier molecular flexibility index (Phi) is 4.55. The summed E-state index contributed by atoms with van der Waals surface area (Å²) in [6.07, 6.45) is 1.89. The SMILES string of the molecule is CCOC(=O)c1c2n(c3c(F)c(N4CCNC5(CC5)C4)c(F)cc3c1=O)C(CF)S2. The van der Waals surface area contributed by atoms with Gasteiger partial charge in [-0.2, -0.15) is 0 Å². The van der Waals surface area contributed by atoms with Crippen LogP contribution in [0.1, 0.15) is 35.5 Å². The van der Waals surface area contributed by atoms with E-state index < -0.39 is 35.1 Å². The minimum absolute atomic E-state index is 0.0410. The lowest BCUT2D eigenvalue weighted by Gasteiger charge is -2.37. The second-order valence-electron chi connectivity index (χ2n) is 7.87. The number of anilines is 1. The van der Waals surface area contributed by atoms with Gasteiger partial charge in [0.1, 0.15) is 29.1 Å². The monoisotopic (exact) mass is 439 g/mol. The average Bonchev–Trinajstić information content (AvgIpc) is 3.43. The molecule has 3 heterocycles. The number of thioether (sulfide) groups is 1. The molecule has 1 aliphatic carbocycles. The van der Waals surface area contributed by atoms with Gasteiger partial charge in [0.05, 0.1) is 22.5 Å². The number of piperazine rings is 1. The quantitative estimate of drug-likeness (QED) is 0.740. The van der Waals surface area contributed by atoms with Gasteiger partial charge in [-0.3, -0.25) is 4.79 Å². The van der Waals surface area contributed by atoms with Gasteiger partial charge in [0, 0.05) is 25.2 Å². The third-order valence-electron chi connectivity index (χ3n) is 6.01. The summed E-state index contributed by atoms with van der Waals surface area (Å²) in [5, 5.41) is 2.47. The van der Waals surface area contributed by atoms with Crippen molar-refractivity contribution in [3.8, 4) is 0 Å². The van der Waals surface area contributed by atoms with Gasteiger partial charge in [-0.1, -0.05) is 11.8 Å². The number of pyridine rings is 1. The molecule has 1 spiro atoms. The summed E-state index contributed by atoms with van der Waals surface area (Å²) in [4.78, 5) is 27.0. The molecular formula is C20H20F3N3O3S. The fraction of sp³-hybridized carbons (Fsp3) is 0.500. The van der Waals surface area contributed by atoms with Crippen molar-refractivity contribution in [3.05, 3.63) is 33.5 Å². The number of nitrogens with zero attached hydrogens (tertiary/aromatic N) is 2. The van der Waals surface area contributed by atoms with E-state index in [0.717, 1.165) is 30.7 Å². The number of carbonyl (C=O) groups excluding carboxylic acids is 1. The van der Waals surface area contributed by atoms with E-state index in [1.807, 2.05) is 0 Å². The maximum absolute atomic E-state index is 15.7. The minimum Gasteiger partial charge on any atom is -0.462 e. The summed E-state index contributed by atoms with van der Waals surface area (Å²) >= 11 is 0.976.